The van der Waals surface area contributed by atoms with Crippen LogP contribution >= 0.6 is 0 Å². The quantitative estimate of drug-likeness (QED) is 0.821. The molecule has 0 aromatic carbocycles. The minimum Gasteiger partial charge on any atom is -0.465 e. The zero-order chi connectivity index (χ0) is 12.8. The minimum absolute atomic E-state index is 0.0441. The van der Waals surface area contributed by atoms with E-state index in [0.29, 0.717) is 24.3 Å². The third kappa shape index (κ3) is 4.03. The Bertz CT molecular complexity index is 385. The van der Waals surface area contributed by atoms with Crippen molar-refractivity contribution in [3.63, 3.8) is 0 Å². The van der Waals surface area contributed by atoms with Crippen molar-refractivity contribution in [1.82, 2.24) is 10.5 Å². The molecule has 0 radical (unpaired) electrons. The summed E-state index contributed by atoms with van der Waals surface area (Å²) in [6.45, 7) is 3.18. The van der Waals surface area contributed by atoms with E-state index in [9.17, 15) is 4.79 Å². The highest BCUT2D eigenvalue weighted by Gasteiger charge is 2.15. The number of hydrogen-bond donors (Lipinski definition) is 1. The van der Waals surface area contributed by atoms with Gasteiger partial charge in [0.15, 0.2) is 6.61 Å². The zero-order valence-corrected chi connectivity index (χ0v) is 10.5. The molecule has 1 amide bonds. The van der Waals surface area contributed by atoms with Gasteiger partial charge in [0.25, 0.3) is 11.8 Å². The van der Waals surface area contributed by atoms with Crippen LogP contribution in [0.15, 0.2) is 10.6 Å². The van der Waals surface area contributed by atoms with E-state index in [-0.39, 0.29) is 12.5 Å². The van der Waals surface area contributed by atoms with Gasteiger partial charge in [-0.2, -0.15) is 0 Å². The lowest BCUT2D eigenvalue weighted by molar-refractivity contribution is -0.123. The van der Waals surface area contributed by atoms with Crippen molar-refractivity contribution in [3.05, 3.63) is 11.8 Å². The molecule has 1 aromatic rings. The molecular weight excluding hydrogens is 236 g/mol. The summed E-state index contributed by atoms with van der Waals surface area (Å²) in [6.07, 6.45) is 3.36. The number of amides is 1. The van der Waals surface area contributed by atoms with Crippen LogP contribution in [0.3, 0.4) is 0 Å². The maximum atomic E-state index is 11.5. The first-order valence-corrected chi connectivity index (χ1v) is 6.18. The fourth-order valence-corrected chi connectivity index (χ4v) is 1.85. The first kappa shape index (κ1) is 12.9. The monoisotopic (exact) mass is 254 g/mol. The van der Waals surface area contributed by atoms with Crippen LogP contribution in [0.25, 0.3) is 0 Å². The number of rotatable bonds is 6. The van der Waals surface area contributed by atoms with Crippen LogP contribution in [0.5, 0.6) is 5.88 Å². The number of carbonyl (C=O) groups is 1. The first-order chi connectivity index (χ1) is 8.74. The van der Waals surface area contributed by atoms with Crippen molar-refractivity contribution in [2.75, 3.05) is 19.8 Å². The topological polar surface area (TPSA) is 73.6 Å². The number of aryl methyl sites for hydroxylation is 1. The number of hydrogen-bond acceptors (Lipinski definition) is 5. The first-order valence-electron chi connectivity index (χ1n) is 6.18. The van der Waals surface area contributed by atoms with Gasteiger partial charge in [-0.05, 0) is 31.3 Å². The van der Waals surface area contributed by atoms with Gasteiger partial charge in [-0.15, -0.1) is 0 Å². The highest BCUT2D eigenvalue weighted by molar-refractivity contribution is 5.77. The number of aromatic nitrogens is 1. The van der Waals surface area contributed by atoms with Crippen LogP contribution in [0.1, 0.15) is 25.0 Å². The van der Waals surface area contributed by atoms with E-state index in [1.807, 2.05) is 0 Å². The summed E-state index contributed by atoms with van der Waals surface area (Å²) in [5.74, 6) is 0.833. The molecule has 0 aliphatic carbocycles. The normalized spacial score (nSPS) is 18.8. The smallest absolute Gasteiger partial charge is 0.258 e. The summed E-state index contributed by atoms with van der Waals surface area (Å²) < 4.78 is 15.4. The van der Waals surface area contributed by atoms with E-state index >= 15 is 0 Å². The van der Waals surface area contributed by atoms with Crippen LogP contribution in [-0.2, 0) is 9.53 Å². The standard InChI is InChI=1S/C12H18N2O4/c1-9-7-12(14-18-9)17-8-11(15)13-5-4-10-3-2-6-16-10/h7,10H,2-6,8H2,1H3,(H,13,15). The van der Waals surface area contributed by atoms with E-state index in [1.54, 1.807) is 13.0 Å². The van der Waals surface area contributed by atoms with Gasteiger partial charge >= 0.3 is 0 Å². The Kier molecular flexibility index (Phi) is 4.58. The number of nitrogens with zero attached hydrogens (tertiary/aromatic N) is 1. The molecule has 1 atom stereocenters. The fourth-order valence-electron chi connectivity index (χ4n) is 1.85. The highest BCUT2D eigenvalue weighted by atomic mass is 16.5. The van der Waals surface area contributed by atoms with Gasteiger partial charge in [0, 0.05) is 19.2 Å². The summed E-state index contributed by atoms with van der Waals surface area (Å²) in [5, 5.41) is 6.42. The maximum Gasteiger partial charge on any atom is 0.258 e. The summed E-state index contributed by atoms with van der Waals surface area (Å²) in [7, 11) is 0. The maximum absolute atomic E-state index is 11.5. The molecule has 100 valence electrons. The molecule has 1 aliphatic rings. The van der Waals surface area contributed by atoms with Gasteiger partial charge in [0.05, 0.1) is 6.10 Å². The lowest BCUT2D eigenvalue weighted by Gasteiger charge is -2.09. The lowest BCUT2D eigenvalue weighted by atomic mass is 10.2. The molecule has 0 bridgehead atoms. The van der Waals surface area contributed by atoms with Crippen LogP contribution < -0.4 is 10.1 Å². The SMILES string of the molecule is Cc1cc(OCC(=O)NCCC2CCCO2)no1. The Labute approximate surface area is 106 Å². The van der Waals surface area contributed by atoms with E-state index in [0.717, 1.165) is 25.9 Å². The van der Waals surface area contributed by atoms with Crippen LogP contribution in [0.2, 0.25) is 0 Å². The summed E-state index contributed by atoms with van der Waals surface area (Å²) in [5.41, 5.74) is 0. The van der Waals surface area contributed by atoms with E-state index in [2.05, 4.69) is 10.5 Å². The number of ether oxygens (including phenoxy) is 2. The van der Waals surface area contributed by atoms with Gasteiger partial charge in [0.2, 0.25) is 0 Å². The van der Waals surface area contributed by atoms with Gasteiger partial charge in [-0.3, -0.25) is 4.79 Å². The van der Waals surface area contributed by atoms with E-state index in [4.69, 9.17) is 14.0 Å². The largest absolute Gasteiger partial charge is 0.465 e. The molecule has 1 aromatic heterocycles. The van der Waals surface area contributed by atoms with Crippen LogP contribution in [0.4, 0.5) is 0 Å². The Hall–Kier alpha value is -1.56. The van der Waals surface area contributed by atoms with Crippen molar-refractivity contribution in [1.29, 1.82) is 0 Å². The fraction of sp³-hybridized carbons (Fsp3) is 0.667. The highest BCUT2D eigenvalue weighted by Crippen LogP contribution is 2.14. The number of nitrogens with one attached hydrogen (secondary N) is 1. The predicted octanol–water partition coefficient (Wildman–Crippen LogP) is 1.05. The molecule has 1 aliphatic heterocycles. The second-order valence-corrected chi connectivity index (χ2v) is 4.34. The van der Waals surface area contributed by atoms with Crippen molar-refractivity contribution < 1.29 is 18.8 Å². The lowest BCUT2D eigenvalue weighted by Crippen LogP contribution is -2.31. The molecule has 6 nitrogen and oxygen atoms in total. The summed E-state index contributed by atoms with van der Waals surface area (Å²) in [6, 6.07) is 1.64. The molecule has 0 saturated carbocycles. The predicted molar refractivity (Wildman–Crippen MR) is 63.3 cm³/mol. The molecule has 1 saturated heterocycles. The average molecular weight is 254 g/mol. The molecule has 1 fully saturated rings. The molecule has 6 heteroatoms. The molecule has 2 heterocycles. The summed E-state index contributed by atoms with van der Waals surface area (Å²) in [4.78, 5) is 11.5. The van der Waals surface area contributed by atoms with Crippen molar-refractivity contribution in [3.8, 4) is 5.88 Å². The van der Waals surface area contributed by atoms with Gasteiger partial charge in [0.1, 0.15) is 5.76 Å². The summed E-state index contributed by atoms with van der Waals surface area (Å²) >= 11 is 0. The second-order valence-electron chi connectivity index (χ2n) is 4.34. The Morgan fingerprint density at radius 2 is 2.56 bits per heavy atom. The molecule has 1 unspecified atom stereocenters. The average Bonchev–Trinajstić information content (AvgIpc) is 2.98. The zero-order valence-electron chi connectivity index (χ0n) is 10.5. The third-order valence-corrected chi connectivity index (χ3v) is 2.77. The Morgan fingerprint density at radius 3 is 3.22 bits per heavy atom. The van der Waals surface area contributed by atoms with Gasteiger partial charge in [-0.1, -0.05) is 0 Å². The molecule has 18 heavy (non-hydrogen) atoms. The molecule has 1 N–H and O–H groups in total. The Balaban J connectivity index is 1.57. The van der Waals surface area contributed by atoms with Gasteiger partial charge < -0.3 is 19.3 Å². The number of carbonyl (C=O) groups excluding carboxylic acids is 1. The third-order valence-electron chi connectivity index (χ3n) is 2.77. The van der Waals surface area contributed by atoms with Crippen molar-refractivity contribution >= 4 is 5.91 Å². The second kappa shape index (κ2) is 6.39. The van der Waals surface area contributed by atoms with Crippen LogP contribution in [0, 0.1) is 6.92 Å². The van der Waals surface area contributed by atoms with E-state index in [1.165, 1.54) is 0 Å². The van der Waals surface area contributed by atoms with E-state index < -0.39 is 0 Å². The van der Waals surface area contributed by atoms with Crippen molar-refractivity contribution in [2.24, 2.45) is 0 Å². The molecule has 2 rings (SSSR count). The molecule has 0 spiro atoms. The molecular formula is C12H18N2O4. The van der Waals surface area contributed by atoms with Crippen LogP contribution in [-0.4, -0.2) is 36.9 Å². The van der Waals surface area contributed by atoms with Crippen molar-refractivity contribution in [2.45, 2.75) is 32.3 Å². The minimum atomic E-state index is -0.159. The van der Waals surface area contributed by atoms with Gasteiger partial charge in [-0.25, -0.2) is 0 Å². The Morgan fingerprint density at radius 1 is 1.67 bits per heavy atom.